The molecule has 2 rings (SSSR count). The van der Waals surface area contributed by atoms with Crippen LogP contribution in [-0.4, -0.2) is 13.4 Å². The predicted molar refractivity (Wildman–Crippen MR) is 71.2 cm³/mol. The van der Waals surface area contributed by atoms with Gasteiger partial charge >= 0.3 is 0 Å². The van der Waals surface area contributed by atoms with E-state index >= 15 is 0 Å². The van der Waals surface area contributed by atoms with Crippen molar-refractivity contribution in [2.45, 2.75) is 11.8 Å². The van der Waals surface area contributed by atoms with Crippen molar-refractivity contribution >= 4 is 27.3 Å². The molecule has 0 bridgehead atoms. The van der Waals surface area contributed by atoms with Gasteiger partial charge in [0, 0.05) is 18.1 Å². The van der Waals surface area contributed by atoms with Crippen LogP contribution in [0.25, 0.3) is 0 Å². The molecule has 1 heterocycles. The molecule has 0 aliphatic heterocycles. The van der Waals surface area contributed by atoms with E-state index in [1.54, 1.807) is 6.92 Å². The maximum Gasteiger partial charge on any atom is 0.264 e. The number of pyridine rings is 1. The van der Waals surface area contributed by atoms with Gasteiger partial charge in [0.15, 0.2) is 0 Å². The number of aryl methyl sites for hydroxylation is 1. The average molecular weight is 301 g/mol. The van der Waals surface area contributed by atoms with Crippen molar-refractivity contribution in [1.82, 2.24) is 4.98 Å². The minimum absolute atomic E-state index is 0.0707. The van der Waals surface area contributed by atoms with Gasteiger partial charge in [0.2, 0.25) is 0 Å². The van der Waals surface area contributed by atoms with Crippen LogP contribution in [-0.2, 0) is 10.0 Å². The van der Waals surface area contributed by atoms with E-state index in [2.05, 4.69) is 9.71 Å². The minimum atomic E-state index is -3.84. The summed E-state index contributed by atoms with van der Waals surface area (Å²) in [6, 6.07) is 5.31. The summed E-state index contributed by atoms with van der Waals surface area (Å²) in [7, 11) is -3.84. The Morgan fingerprint density at radius 1 is 1.32 bits per heavy atom. The van der Waals surface area contributed by atoms with Crippen LogP contribution < -0.4 is 4.72 Å². The van der Waals surface area contributed by atoms with E-state index in [0.717, 1.165) is 6.20 Å². The van der Waals surface area contributed by atoms with Crippen molar-refractivity contribution < 1.29 is 12.8 Å². The number of sulfonamides is 1. The molecular weight excluding hydrogens is 291 g/mol. The lowest BCUT2D eigenvalue weighted by Gasteiger charge is -2.09. The summed E-state index contributed by atoms with van der Waals surface area (Å²) >= 11 is 5.81. The Balaban J connectivity index is 2.37. The summed E-state index contributed by atoms with van der Waals surface area (Å²) in [6.07, 6.45) is 2.55. The standard InChI is InChI=1S/C12H10ClFN2O2S/c1-8-6-9(2-3-11(8)14)16-19(17,18)12-7-15-5-4-10(12)13/h2-7,16H,1H3. The number of halogens is 2. The molecule has 1 aromatic carbocycles. The maximum atomic E-state index is 13.1. The molecule has 2 aromatic rings. The van der Waals surface area contributed by atoms with Crippen LogP contribution in [0.2, 0.25) is 5.02 Å². The summed E-state index contributed by atoms with van der Waals surface area (Å²) < 4.78 is 39.6. The Morgan fingerprint density at radius 2 is 2.05 bits per heavy atom. The van der Waals surface area contributed by atoms with Gasteiger partial charge in [0.25, 0.3) is 10.0 Å². The number of hydrogen-bond donors (Lipinski definition) is 1. The Kier molecular flexibility index (Phi) is 3.73. The lowest BCUT2D eigenvalue weighted by atomic mass is 10.2. The van der Waals surface area contributed by atoms with E-state index in [0.29, 0.717) is 5.56 Å². The normalized spacial score (nSPS) is 11.3. The zero-order valence-corrected chi connectivity index (χ0v) is 11.5. The zero-order valence-electron chi connectivity index (χ0n) is 9.89. The molecule has 0 unspecified atom stereocenters. The van der Waals surface area contributed by atoms with Crippen molar-refractivity contribution in [3.05, 3.63) is 53.1 Å². The van der Waals surface area contributed by atoms with Gasteiger partial charge in [0.05, 0.1) is 5.02 Å². The molecule has 0 fully saturated rings. The summed E-state index contributed by atoms with van der Waals surface area (Å²) in [5.41, 5.74) is 0.608. The summed E-state index contributed by atoms with van der Waals surface area (Å²) in [5, 5.41) is 0.0707. The zero-order chi connectivity index (χ0) is 14.0. The predicted octanol–water partition coefficient (Wildman–Crippen LogP) is 2.98. The molecule has 0 aliphatic rings. The van der Waals surface area contributed by atoms with E-state index in [4.69, 9.17) is 11.6 Å². The fraction of sp³-hybridized carbons (Fsp3) is 0.0833. The van der Waals surface area contributed by atoms with Crippen LogP contribution in [0.4, 0.5) is 10.1 Å². The van der Waals surface area contributed by atoms with Gasteiger partial charge in [-0.15, -0.1) is 0 Å². The third-order valence-corrected chi connectivity index (χ3v) is 4.28. The van der Waals surface area contributed by atoms with Gasteiger partial charge in [-0.1, -0.05) is 11.6 Å². The fourth-order valence-electron chi connectivity index (χ4n) is 1.48. The Hall–Kier alpha value is -1.66. The Bertz CT molecular complexity index is 719. The number of hydrogen-bond acceptors (Lipinski definition) is 3. The van der Waals surface area contributed by atoms with Crippen molar-refractivity contribution in [3.8, 4) is 0 Å². The molecule has 0 saturated carbocycles. The molecule has 1 aromatic heterocycles. The smallest absolute Gasteiger partial charge is 0.264 e. The molecular formula is C12H10ClFN2O2S. The number of aromatic nitrogens is 1. The van der Waals surface area contributed by atoms with Crippen LogP contribution in [0, 0.1) is 12.7 Å². The van der Waals surface area contributed by atoms with Crippen LogP contribution in [0.3, 0.4) is 0 Å². The van der Waals surface area contributed by atoms with Crippen LogP contribution in [0.1, 0.15) is 5.56 Å². The molecule has 0 amide bonds. The van der Waals surface area contributed by atoms with Crippen molar-refractivity contribution in [1.29, 1.82) is 0 Å². The summed E-state index contributed by atoms with van der Waals surface area (Å²) in [4.78, 5) is 3.60. The van der Waals surface area contributed by atoms with Crippen molar-refractivity contribution in [3.63, 3.8) is 0 Å². The molecule has 1 N–H and O–H groups in total. The van der Waals surface area contributed by atoms with Crippen LogP contribution >= 0.6 is 11.6 Å². The lowest BCUT2D eigenvalue weighted by Crippen LogP contribution is -2.13. The summed E-state index contributed by atoms with van der Waals surface area (Å²) in [6.45, 7) is 1.55. The van der Waals surface area contributed by atoms with Crippen molar-refractivity contribution in [2.75, 3.05) is 4.72 Å². The first-order chi connectivity index (χ1) is 8.90. The molecule has 0 spiro atoms. The molecule has 0 atom stereocenters. The highest BCUT2D eigenvalue weighted by Gasteiger charge is 2.18. The number of nitrogens with zero attached hydrogens (tertiary/aromatic N) is 1. The minimum Gasteiger partial charge on any atom is -0.280 e. The first-order valence-corrected chi connectivity index (χ1v) is 7.15. The number of nitrogens with one attached hydrogen (secondary N) is 1. The van der Waals surface area contributed by atoms with Gasteiger partial charge in [-0.25, -0.2) is 12.8 Å². The quantitative estimate of drug-likeness (QED) is 0.948. The van der Waals surface area contributed by atoms with Gasteiger partial charge in [-0.05, 0) is 36.8 Å². The third-order valence-electron chi connectivity index (χ3n) is 2.43. The van der Waals surface area contributed by atoms with E-state index in [1.807, 2.05) is 0 Å². The Morgan fingerprint density at radius 3 is 2.68 bits per heavy atom. The monoisotopic (exact) mass is 300 g/mol. The van der Waals surface area contributed by atoms with Gasteiger partial charge in [0.1, 0.15) is 10.7 Å². The number of rotatable bonds is 3. The molecule has 7 heteroatoms. The van der Waals surface area contributed by atoms with E-state index in [1.165, 1.54) is 30.5 Å². The highest BCUT2D eigenvalue weighted by atomic mass is 35.5. The molecule has 0 radical (unpaired) electrons. The lowest BCUT2D eigenvalue weighted by molar-refractivity contribution is 0.600. The second-order valence-corrected chi connectivity index (χ2v) is 5.93. The van der Waals surface area contributed by atoms with Crippen LogP contribution in [0.15, 0.2) is 41.6 Å². The number of benzene rings is 1. The topological polar surface area (TPSA) is 59.1 Å². The van der Waals surface area contributed by atoms with Crippen LogP contribution in [0.5, 0.6) is 0 Å². The van der Waals surface area contributed by atoms with E-state index in [9.17, 15) is 12.8 Å². The highest BCUT2D eigenvalue weighted by molar-refractivity contribution is 7.92. The fourth-order valence-corrected chi connectivity index (χ4v) is 2.96. The average Bonchev–Trinajstić information content (AvgIpc) is 2.34. The first-order valence-electron chi connectivity index (χ1n) is 5.28. The van der Waals surface area contributed by atoms with Crippen molar-refractivity contribution in [2.24, 2.45) is 0 Å². The maximum absolute atomic E-state index is 13.1. The molecule has 100 valence electrons. The number of anilines is 1. The van der Waals surface area contributed by atoms with Gasteiger partial charge in [-0.2, -0.15) is 0 Å². The molecule has 4 nitrogen and oxygen atoms in total. The second-order valence-electron chi connectivity index (χ2n) is 3.88. The largest absolute Gasteiger partial charge is 0.280 e. The summed E-state index contributed by atoms with van der Waals surface area (Å²) in [5.74, 6) is -0.401. The van der Waals surface area contributed by atoms with Gasteiger partial charge < -0.3 is 0 Å². The Labute approximate surface area is 115 Å². The van der Waals surface area contributed by atoms with E-state index in [-0.39, 0.29) is 15.6 Å². The molecule has 0 aliphatic carbocycles. The molecule has 19 heavy (non-hydrogen) atoms. The van der Waals surface area contributed by atoms with Gasteiger partial charge in [-0.3, -0.25) is 9.71 Å². The first kappa shape index (κ1) is 13.8. The third kappa shape index (κ3) is 3.02. The second kappa shape index (κ2) is 5.14. The molecule has 0 saturated heterocycles. The SMILES string of the molecule is Cc1cc(NS(=O)(=O)c2cnccc2Cl)ccc1F. The highest BCUT2D eigenvalue weighted by Crippen LogP contribution is 2.23. The van der Waals surface area contributed by atoms with E-state index < -0.39 is 15.8 Å².